The molecule has 0 unspecified atom stereocenters. The molecule has 7 heteroatoms. The Morgan fingerprint density at radius 2 is 2.12 bits per heavy atom. The van der Waals surface area contributed by atoms with Gasteiger partial charge in [0.05, 0.1) is 18.6 Å². The molecule has 2 heterocycles. The molecule has 1 N–H and O–H groups in total. The van der Waals surface area contributed by atoms with E-state index in [1.54, 1.807) is 14.2 Å². The van der Waals surface area contributed by atoms with E-state index in [2.05, 4.69) is 10.4 Å². The Morgan fingerprint density at radius 1 is 1.33 bits per heavy atom. The van der Waals surface area contributed by atoms with Crippen LogP contribution in [0.2, 0.25) is 0 Å². The van der Waals surface area contributed by atoms with E-state index in [1.807, 2.05) is 16.6 Å². The summed E-state index contributed by atoms with van der Waals surface area (Å²) in [6.07, 6.45) is 4.87. The van der Waals surface area contributed by atoms with Crippen LogP contribution in [-0.2, 0) is 29.4 Å². The summed E-state index contributed by atoms with van der Waals surface area (Å²) < 4.78 is 7.22. The number of hydrogen-bond donors (Lipinski definition) is 1. The summed E-state index contributed by atoms with van der Waals surface area (Å²) in [4.78, 5) is 27.1. The molecule has 0 saturated carbocycles. The Hall–Kier alpha value is -1.89. The van der Waals surface area contributed by atoms with Gasteiger partial charge in [-0.1, -0.05) is 0 Å². The average molecular weight is 334 g/mol. The predicted molar refractivity (Wildman–Crippen MR) is 88.8 cm³/mol. The van der Waals surface area contributed by atoms with Gasteiger partial charge >= 0.3 is 0 Å². The highest BCUT2D eigenvalue weighted by Crippen LogP contribution is 2.35. The standard InChI is InChI=1S/C17H26N4O3/c1-18-14(22)10-17(11-24-3)8-5-9-21(17)16(23)15-12-6-4-7-13(12)20(2)19-15/h4-11H2,1-3H3,(H,18,22)/t17-/m0/s1. The van der Waals surface area contributed by atoms with Crippen molar-refractivity contribution in [1.29, 1.82) is 0 Å². The SMILES string of the molecule is CNC(=O)C[C@]1(COC)CCCN1C(=O)c1nn(C)c2c1CCC2. The molecule has 1 aliphatic heterocycles. The Morgan fingerprint density at radius 3 is 2.83 bits per heavy atom. The van der Waals surface area contributed by atoms with Crippen molar-refractivity contribution in [3.63, 3.8) is 0 Å². The smallest absolute Gasteiger partial charge is 0.275 e. The van der Waals surface area contributed by atoms with Gasteiger partial charge < -0.3 is 15.0 Å². The maximum atomic E-state index is 13.2. The van der Waals surface area contributed by atoms with Crippen molar-refractivity contribution < 1.29 is 14.3 Å². The van der Waals surface area contributed by atoms with Crippen LogP contribution in [0.15, 0.2) is 0 Å². The molecule has 2 aliphatic rings. The summed E-state index contributed by atoms with van der Waals surface area (Å²) in [6, 6.07) is 0. The number of nitrogens with one attached hydrogen (secondary N) is 1. The molecule has 1 aliphatic carbocycles. The number of aryl methyl sites for hydroxylation is 1. The second-order valence-electron chi connectivity index (χ2n) is 6.82. The van der Waals surface area contributed by atoms with Crippen molar-refractivity contribution in [3.8, 4) is 0 Å². The van der Waals surface area contributed by atoms with Gasteiger partial charge in [0.1, 0.15) is 0 Å². The number of amides is 2. The minimum absolute atomic E-state index is 0.0628. The summed E-state index contributed by atoms with van der Waals surface area (Å²) in [5.41, 5.74) is 2.24. The minimum atomic E-state index is -0.574. The van der Waals surface area contributed by atoms with Crippen molar-refractivity contribution in [2.75, 3.05) is 27.3 Å². The first-order chi connectivity index (χ1) is 11.5. The van der Waals surface area contributed by atoms with Crippen LogP contribution in [0.25, 0.3) is 0 Å². The van der Waals surface area contributed by atoms with E-state index in [9.17, 15) is 9.59 Å². The lowest BCUT2D eigenvalue weighted by Crippen LogP contribution is -2.53. The molecule has 1 atom stereocenters. The number of carbonyl (C=O) groups excluding carboxylic acids is 2. The Kier molecular flexibility index (Phi) is 4.62. The van der Waals surface area contributed by atoms with E-state index in [1.165, 1.54) is 5.69 Å². The fourth-order valence-corrected chi connectivity index (χ4v) is 4.21. The van der Waals surface area contributed by atoms with Crippen LogP contribution >= 0.6 is 0 Å². The maximum Gasteiger partial charge on any atom is 0.275 e. The number of nitrogens with zero attached hydrogens (tertiary/aromatic N) is 3. The molecule has 1 aromatic rings. The summed E-state index contributed by atoms with van der Waals surface area (Å²) >= 11 is 0. The topological polar surface area (TPSA) is 76.5 Å². The summed E-state index contributed by atoms with van der Waals surface area (Å²) in [5, 5.41) is 7.15. The molecule has 0 bridgehead atoms. The third kappa shape index (κ3) is 2.70. The van der Waals surface area contributed by atoms with Crippen LogP contribution in [0.3, 0.4) is 0 Å². The first-order valence-electron chi connectivity index (χ1n) is 8.58. The Labute approximate surface area is 142 Å². The van der Waals surface area contributed by atoms with Crippen LogP contribution in [0.4, 0.5) is 0 Å². The normalized spacial score (nSPS) is 22.7. The van der Waals surface area contributed by atoms with E-state index in [-0.39, 0.29) is 18.2 Å². The Bertz CT molecular complexity index is 655. The van der Waals surface area contributed by atoms with Gasteiger partial charge in [0.2, 0.25) is 5.91 Å². The summed E-state index contributed by atoms with van der Waals surface area (Å²) in [7, 11) is 5.14. The number of likely N-dealkylation sites (tertiary alicyclic amines) is 1. The minimum Gasteiger partial charge on any atom is -0.382 e. The predicted octanol–water partition coefficient (Wildman–Crippen LogP) is 0.666. The monoisotopic (exact) mass is 334 g/mol. The highest BCUT2D eigenvalue weighted by Gasteiger charge is 2.46. The number of ether oxygens (including phenoxy) is 1. The number of fused-ring (bicyclic) bond motifs is 1. The lowest BCUT2D eigenvalue weighted by Gasteiger charge is -2.37. The zero-order valence-electron chi connectivity index (χ0n) is 14.7. The third-order valence-corrected chi connectivity index (χ3v) is 5.34. The number of methoxy groups -OCH3 is 1. The van der Waals surface area contributed by atoms with Gasteiger partial charge in [-0.25, -0.2) is 0 Å². The average Bonchev–Trinajstić information content (AvgIpc) is 3.24. The van der Waals surface area contributed by atoms with E-state index in [0.29, 0.717) is 18.8 Å². The first kappa shape index (κ1) is 17.0. The molecule has 3 rings (SSSR count). The number of aromatic nitrogens is 2. The second-order valence-corrected chi connectivity index (χ2v) is 6.82. The quantitative estimate of drug-likeness (QED) is 0.858. The van der Waals surface area contributed by atoms with Crippen LogP contribution in [-0.4, -0.2) is 59.3 Å². The molecule has 0 aromatic carbocycles. The van der Waals surface area contributed by atoms with Crippen molar-refractivity contribution in [3.05, 3.63) is 17.0 Å². The molecule has 2 amide bonds. The fourth-order valence-electron chi connectivity index (χ4n) is 4.21. The number of carbonyl (C=O) groups is 2. The van der Waals surface area contributed by atoms with Gasteiger partial charge in [-0.2, -0.15) is 5.10 Å². The van der Waals surface area contributed by atoms with Crippen LogP contribution in [0.1, 0.15) is 47.4 Å². The van der Waals surface area contributed by atoms with Gasteiger partial charge in [-0.3, -0.25) is 14.3 Å². The number of hydrogen-bond acceptors (Lipinski definition) is 4. The van der Waals surface area contributed by atoms with Crippen LogP contribution in [0.5, 0.6) is 0 Å². The zero-order chi connectivity index (χ0) is 17.3. The zero-order valence-corrected chi connectivity index (χ0v) is 14.7. The van der Waals surface area contributed by atoms with E-state index in [0.717, 1.165) is 37.7 Å². The molecular weight excluding hydrogens is 308 g/mol. The largest absolute Gasteiger partial charge is 0.382 e. The molecule has 0 radical (unpaired) electrons. The van der Waals surface area contributed by atoms with Crippen molar-refractivity contribution in [2.24, 2.45) is 7.05 Å². The maximum absolute atomic E-state index is 13.2. The summed E-state index contributed by atoms with van der Waals surface area (Å²) in [6.45, 7) is 1.01. The molecule has 1 fully saturated rings. The highest BCUT2D eigenvalue weighted by molar-refractivity contribution is 5.95. The number of rotatable bonds is 5. The van der Waals surface area contributed by atoms with E-state index >= 15 is 0 Å². The molecule has 0 spiro atoms. The second kappa shape index (κ2) is 6.55. The Balaban J connectivity index is 1.92. The molecule has 7 nitrogen and oxygen atoms in total. The van der Waals surface area contributed by atoms with Crippen LogP contribution < -0.4 is 5.32 Å². The van der Waals surface area contributed by atoms with Gasteiger partial charge in [-0.05, 0) is 32.1 Å². The van der Waals surface area contributed by atoms with Crippen molar-refractivity contribution in [1.82, 2.24) is 20.0 Å². The third-order valence-electron chi connectivity index (χ3n) is 5.34. The molecule has 132 valence electrons. The van der Waals surface area contributed by atoms with Crippen molar-refractivity contribution in [2.45, 2.75) is 44.1 Å². The molecule has 24 heavy (non-hydrogen) atoms. The lowest BCUT2D eigenvalue weighted by atomic mass is 9.91. The van der Waals surface area contributed by atoms with Gasteiger partial charge in [-0.15, -0.1) is 0 Å². The summed E-state index contributed by atoms with van der Waals surface area (Å²) in [5.74, 6) is -0.134. The molecule has 1 saturated heterocycles. The van der Waals surface area contributed by atoms with Gasteiger partial charge in [0.15, 0.2) is 5.69 Å². The van der Waals surface area contributed by atoms with Gasteiger partial charge in [0, 0.05) is 39.0 Å². The van der Waals surface area contributed by atoms with Gasteiger partial charge in [0.25, 0.3) is 5.91 Å². The van der Waals surface area contributed by atoms with Crippen molar-refractivity contribution >= 4 is 11.8 Å². The van der Waals surface area contributed by atoms with E-state index in [4.69, 9.17) is 4.74 Å². The van der Waals surface area contributed by atoms with E-state index < -0.39 is 5.54 Å². The van der Waals surface area contributed by atoms with Crippen LogP contribution in [0, 0.1) is 0 Å². The first-order valence-corrected chi connectivity index (χ1v) is 8.58. The lowest BCUT2D eigenvalue weighted by molar-refractivity contribution is -0.123. The molecule has 1 aromatic heterocycles. The molecular formula is C17H26N4O3. The highest BCUT2D eigenvalue weighted by atomic mass is 16.5. The fraction of sp³-hybridized carbons (Fsp3) is 0.706.